The highest BCUT2D eigenvalue weighted by atomic mass is 127. The van der Waals surface area contributed by atoms with Crippen molar-refractivity contribution < 1.29 is 4.74 Å². The molecule has 17 heavy (non-hydrogen) atoms. The highest BCUT2D eigenvalue weighted by Crippen LogP contribution is 2.29. The van der Waals surface area contributed by atoms with E-state index >= 15 is 0 Å². The predicted molar refractivity (Wildman–Crippen MR) is 79.5 cm³/mol. The van der Waals surface area contributed by atoms with Crippen molar-refractivity contribution in [1.29, 1.82) is 0 Å². The SMILES string of the molecule is Brc1c(I)ccc2[nH]c(N3CCOCC3)nc12. The zero-order chi connectivity index (χ0) is 11.8. The third-order valence-corrected chi connectivity index (χ3v) is 5.29. The normalized spacial score (nSPS) is 16.7. The van der Waals surface area contributed by atoms with Crippen LogP contribution in [0.3, 0.4) is 0 Å². The van der Waals surface area contributed by atoms with Gasteiger partial charge in [0.2, 0.25) is 5.95 Å². The van der Waals surface area contributed by atoms with Gasteiger partial charge in [-0.25, -0.2) is 4.98 Å². The quantitative estimate of drug-likeness (QED) is 0.739. The Morgan fingerprint density at radius 1 is 1.35 bits per heavy atom. The van der Waals surface area contributed by atoms with Crippen LogP contribution in [0.1, 0.15) is 0 Å². The molecule has 1 aromatic heterocycles. The topological polar surface area (TPSA) is 41.2 Å². The van der Waals surface area contributed by atoms with Gasteiger partial charge in [0.25, 0.3) is 0 Å². The number of fused-ring (bicyclic) bond motifs is 1. The maximum absolute atomic E-state index is 5.34. The summed E-state index contributed by atoms with van der Waals surface area (Å²) in [6, 6.07) is 4.15. The van der Waals surface area contributed by atoms with Gasteiger partial charge in [-0.3, -0.25) is 0 Å². The van der Waals surface area contributed by atoms with Crippen LogP contribution < -0.4 is 4.90 Å². The van der Waals surface area contributed by atoms with E-state index in [1.54, 1.807) is 0 Å². The maximum Gasteiger partial charge on any atom is 0.204 e. The van der Waals surface area contributed by atoms with Crippen LogP contribution in [0.5, 0.6) is 0 Å². The summed E-state index contributed by atoms with van der Waals surface area (Å²) < 4.78 is 7.58. The van der Waals surface area contributed by atoms with E-state index in [4.69, 9.17) is 4.74 Å². The number of morpholine rings is 1. The molecule has 6 heteroatoms. The van der Waals surface area contributed by atoms with Crippen molar-refractivity contribution in [2.75, 3.05) is 31.2 Å². The van der Waals surface area contributed by atoms with Gasteiger partial charge in [0, 0.05) is 16.7 Å². The number of halogens is 2. The molecule has 1 N–H and O–H groups in total. The Bertz CT molecular complexity index is 551. The molecular formula is C11H11BrIN3O. The minimum Gasteiger partial charge on any atom is -0.378 e. The molecule has 1 saturated heterocycles. The number of nitrogens with one attached hydrogen (secondary N) is 1. The van der Waals surface area contributed by atoms with Crippen LogP contribution in [0, 0.1) is 3.57 Å². The molecule has 0 atom stereocenters. The van der Waals surface area contributed by atoms with E-state index in [2.05, 4.69) is 65.5 Å². The standard InChI is InChI=1S/C11H11BrIN3O/c12-9-7(13)1-2-8-10(9)15-11(14-8)16-3-5-17-6-4-16/h1-2H,3-6H2,(H,14,15). The molecule has 0 spiro atoms. The molecule has 0 radical (unpaired) electrons. The van der Waals surface area contributed by atoms with Gasteiger partial charge in [-0.15, -0.1) is 0 Å². The summed E-state index contributed by atoms with van der Waals surface area (Å²) in [7, 11) is 0. The molecule has 2 heterocycles. The Morgan fingerprint density at radius 3 is 2.88 bits per heavy atom. The summed E-state index contributed by atoms with van der Waals surface area (Å²) >= 11 is 5.89. The van der Waals surface area contributed by atoms with Crippen molar-refractivity contribution in [3.8, 4) is 0 Å². The first-order chi connectivity index (χ1) is 8.25. The Balaban J connectivity index is 2.04. The smallest absolute Gasteiger partial charge is 0.204 e. The number of imidazole rings is 1. The average molecular weight is 408 g/mol. The molecule has 0 bridgehead atoms. The van der Waals surface area contributed by atoms with Crippen molar-refractivity contribution in [1.82, 2.24) is 9.97 Å². The van der Waals surface area contributed by atoms with Crippen molar-refractivity contribution >= 4 is 55.5 Å². The van der Waals surface area contributed by atoms with Crippen molar-refractivity contribution in [3.05, 3.63) is 20.2 Å². The van der Waals surface area contributed by atoms with E-state index in [0.29, 0.717) is 0 Å². The first-order valence-corrected chi connectivity index (χ1v) is 7.29. The van der Waals surface area contributed by atoms with Crippen LogP contribution in [0.4, 0.5) is 5.95 Å². The summed E-state index contributed by atoms with van der Waals surface area (Å²) in [6.07, 6.45) is 0. The fourth-order valence-electron chi connectivity index (χ4n) is 1.93. The number of ether oxygens (including phenoxy) is 1. The van der Waals surface area contributed by atoms with Gasteiger partial charge < -0.3 is 14.6 Å². The average Bonchev–Trinajstić information content (AvgIpc) is 2.80. The molecule has 0 saturated carbocycles. The number of nitrogens with zero attached hydrogens (tertiary/aromatic N) is 2. The van der Waals surface area contributed by atoms with Gasteiger partial charge in [0.05, 0.1) is 23.2 Å². The number of rotatable bonds is 1. The second-order valence-electron chi connectivity index (χ2n) is 3.92. The van der Waals surface area contributed by atoms with Crippen LogP contribution in [0.25, 0.3) is 11.0 Å². The predicted octanol–water partition coefficient (Wildman–Crippen LogP) is 2.77. The number of H-pyrrole nitrogens is 1. The van der Waals surface area contributed by atoms with E-state index in [9.17, 15) is 0 Å². The molecule has 90 valence electrons. The number of aromatic amines is 1. The molecule has 1 fully saturated rings. The third-order valence-electron chi connectivity index (χ3n) is 2.84. The molecule has 1 aliphatic heterocycles. The maximum atomic E-state index is 5.34. The van der Waals surface area contributed by atoms with E-state index in [1.807, 2.05) is 0 Å². The molecular weight excluding hydrogens is 397 g/mol. The summed E-state index contributed by atoms with van der Waals surface area (Å²) in [5.74, 6) is 0.936. The number of hydrogen-bond acceptors (Lipinski definition) is 3. The molecule has 3 rings (SSSR count). The summed E-state index contributed by atoms with van der Waals surface area (Å²) in [5.41, 5.74) is 2.07. The Hall–Kier alpha value is -0.340. The lowest BCUT2D eigenvalue weighted by atomic mass is 10.3. The van der Waals surface area contributed by atoms with Gasteiger partial charge in [0.15, 0.2) is 0 Å². The lowest BCUT2D eigenvalue weighted by Crippen LogP contribution is -2.36. The Morgan fingerprint density at radius 2 is 2.12 bits per heavy atom. The van der Waals surface area contributed by atoms with Crippen LogP contribution in [0.2, 0.25) is 0 Å². The third kappa shape index (κ3) is 2.17. The lowest BCUT2D eigenvalue weighted by Gasteiger charge is -2.26. The fraction of sp³-hybridized carbons (Fsp3) is 0.364. The van der Waals surface area contributed by atoms with Crippen LogP contribution in [0.15, 0.2) is 16.6 Å². The largest absolute Gasteiger partial charge is 0.378 e. The van der Waals surface area contributed by atoms with Gasteiger partial charge >= 0.3 is 0 Å². The highest BCUT2D eigenvalue weighted by molar-refractivity contribution is 14.1. The summed E-state index contributed by atoms with van der Waals surface area (Å²) in [6.45, 7) is 3.34. The van der Waals surface area contributed by atoms with E-state index in [1.165, 1.54) is 3.57 Å². The molecule has 0 unspecified atom stereocenters. The van der Waals surface area contributed by atoms with Crippen LogP contribution in [-0.4, -0.2) is 36.3 Å². The first kappa shape index (κ1) is 11.7. The molecule has 2 aromatic rings. The number of aromatic nitrogens is 2. The van der Waals surface area contributed by atoms with Crippen molar-refractivity contribution in [2.24, 2.45) is 0 Å². The molecule has 1 aromatic carbocycles. The zero-order valence-corrected chi connectivity index (χ0v) is 12.8. The van der Waals surface area contributed by atoms with Gasteiger partial charge in [-0.05, 0) is 50.7 Å². The van der Waals surface area contributed by atoms with E-state index in [-0.39, 0.29) is 0 Å². The van der Waals surface area contributed by atoms with Crippen molar-refractivity contribution in [2.45, 2.75) is 0 Å². The second kappa shape index (κ2) is 4.74. The minimum absolute atomic E-state index is 0.774. The lowest BCUT2D eigenvalue weighted by molar-refractivity contribution is 0.122. The summed E-state index contributed by atoms with van der Waals surface area (Å²) in [5, 5.41) is 0. The Kier molecular flexibility index (Phi) is 3.27. The van der Waals surface area contributed by atoms with Crippen LogP contribution in [-0.2, 0) is 4.74 Å². The first-order valence-electron chi connectivity index (χ1n) is 5.42. The monoisotopic (exact) mass is 407 g/mol. The van der Waals surface area contributed by atoms with Gasteiger partial charge in [0.1, 0.15) is 5.52 Å². The molecule has 1 aliphatic rings. The van der Waals surface area contributed by atoms with Crippen molar-refractivity contribution in [3.63, 3.8) is 0 Å². The number of anilines is 1. The van der Waals surface area contributed by atoms with Gasteiger partial charge in [-0.2, -0.15) is 0 Å². The molecule has 4 nitrogen and oxygen atoms in total. The van der Waals surface area contributed by atoms with Gasteiger partial charge in [-0.1, -0.05) is 0 Å². The summed E-state index contributed by atoms with van der Waals surface area (Å²) in [4.78, 5) is 10.2. The zero-order valence-electron chi connectivity index (χ0n) is 9.04. The highest BCUT2D eigenvalue weighted by Gasteiger charge is 2.16. The fourth-order valence-corrected chi connectivity index (χ4v) is 2.80. The van der Waals surface area contributed by atoms with E-state index in [0.717, 1.165) is 47.8 Å². The molecule has 0 amide bonds. The Labute approximate surface area is 121 Å². The number of benzene rings is 1. The van der Waals surface area contributed by atoms with Crippen LogP contribution >= 0.6 is 38.5 Å². The second-order valence-corrected chi connectivity index (χ2v) is 5.87. The molecule has 0 aliphatic carbocycles. The number of hydrogen-bond donors (Lipinski definition) is 1. The minimum atomic E-state index is 0.774. The van der Waals surface area contributed by atoms with E-state index < -0.39 is 0 Å².